The average Bonchev–Trinajstić information content (AvgIpc) is 3.19. The van der Waals surface area contributed by atoms with E-state index < -0.39 is 0 Å². The minimum absolute atomic E-state index is 0.283. The number of aromatic nitrogens is 4. The van der Waals surface area contributed by atoms with Gasteiger partial charge in [0.2, 0.25) is 0 Å². The van der Waals surface area contributed by atoms with Crippen molar-refractivity contribution in [3.63, 3.8) is 0 Å². The van der Waals surface area contributed by atoms with Crippen molar-refractivity contribution in [3.8, 4) is 6.07 Å². The molecule has 7 nitrogen and oxygen atoms in total. The molecule has 24 heavy (non-hydrogen) atoms. The van der Waals surface area contributed by atoms with E-state index in [1.165, 1.54) is 12.8 Å². The molecule has 1 aliphatic heterocycles. The zero-order valence-corrected chi connectivity index (χ0v) is 13.6. The maximum Gasteiger partial charge on any atom is 0.156 e. The Hall–Kier alpha value is -2.46. The van der Waals surface area contributed by atoms with Crippen LogP contribution in [0.1, 0.15) is 36.0 Å². The lowest BCUT2D eigenvalue weighted by atomic mass is 9.91. The molecular weight excluding hydrogens is 304 g/mol. The summed E-state index contributed by atoms with van der Waals surface area (Å²) in [5.41, 5.74) is 1.59. The van der Waals surface area contributed by atoms with Crippen molar-refractivity contribution in [3.05, 3.63) is 35.7 Å². The first kappa shape index (κ1) is 15.1. The molecule has 2 aliphatic rings. The Morgan fingerprint density at radius 3 is 3.04 bits per heavy atom. The Morgan fingerprint density at radius 2 is 2.29 bits per heavy atom. The Balaban J connectivity index is 1.61. The van der Waals surface area contributed by atoms with Crippen LogP contribution in [0, 0.1) is 23.2 Å². The molecule has 1 saturated carbocycles. The summed E-state index contributed by atoms with van der Waals surface area (Å²) in [5, 5.41) is 16.8. The van der Waals surface area contributed by atoms with Crippen molar-refractivity contribution in [1.82, 2.24) is 20.2 Å². The number of hydrogen-bond donors (Lipinski definition) is 1. The standard InChI is InChI=1S/C17H20N6O/c1-24-10-16-20-17(22-21-16)14-9-23(8-13(14)11-2-3-11)15-7-19-5-4-12(15)6-18/h4-5,7,11,13-14H,2-3,8-10H2,1H3,(H,20,21,22)/t13-,14+/m1/s1. The highest BCUT2D eigenvalue weighted by atomic mass is 16.5. The van der Waals surface area contributed by atoms with Gasteiger partial charge in [-0.05, 0) is 30.7 Å². The summed E-state index contributed by atoms with van der Waals surface area (Å²) in [5.74, 6) is 3.18. The van der Waals surface area contributed by atoms with Gasteiger partial charge in [-0.25, -0.2) is 4.98 Å². The molecule has 1 N–H and O–H groups in total. The third kappa shape index (κ3) is 2.74. The van der Waals surface area contributed by atoms with Crippen LogP contribution in [0.15, 0.2) is 18.5 Å². The monoisotopic (exact) mass is 324 g/mol. The number of nitrogens with one attached hydrogen (secondary N) is 1. The summed E-state index contributed by atoms with van der Waals surface area (Å²) >= 11 is 0. The molecule has 0 bridgehead atoms. The number of ether oxygens (including phenoxy) is 1. The number of hydrogen-bond acceptors (Lipinski definition) is 6. The molecule has 0 amide bonds. The van der Waals surface area contributed by atoms with E-state index in [1.54, 1.807) is 25.6 Å². The van der Waals surface area contributed by atoms with Gasteiger partial charge in [-0.2, -0.15) is 10.4 Å². The van der Waals surface area contributed by atoms with Crippen LogP contribution < -0.4 is 4.90 Å². The van der Waals surface area contributed by atoms with Crippen LogP contribution in [0.25, 0.3) is 0 Å². The number of nitriles is 1. The average molecular weight is 324 g/mol. The van der Waals surface area contributed by atoms with Crippen molar-refractivity contribution in [2.24, 2.45) is 11.8 Å². The lowest BCUT2D eigenvalue weighted by Crippen LogP contribution is -2.21. The molecule has 2 aromatic rings. The Labute approximate surface area is 140 Å². The van der Waals surface area contributed by atoms with Crippen LogP contribution in [0.4, 0.5) is 5.69 Å². The smallest absolute Gasteiger partial charge is 0.156 e. The molecule has 4 rings (SSSR count). The van der Waals surface area contributed by atoms with Gasteiger partial charge in [-0.15, -0.1) is 0 Å². The first-order valence-electron chi connectivity index (χ1n) is 8.29. The van der Waals surface area contributed by atoms with Gasteiger partial charge in [0.1, 0.15) is 12.7 Å². The molecule has 0 radical (unpaired) electrons. The molecule has 2 atom stereocenters. The summed E-state index contributed by atoms with van der Waals surface area (Å²) in [6.07, 6.45) is 6.02. The van der Waals surface area contributed by atoms with E-state index in [1.807, 2.05) is 0 Å². The molecule has 1 aliphatic carbocycles. The molecule has 3 heterocycles. The molecular formula is C17H20N6O. The van der Waals surface area contributed by atoms with Gasteiger partial charge < -0.3 is 9.64 Å². The number of rotatable bonds is 5. The zero-order valence-electron chi connectivity index (χ0n) is 13.6. The second kappa shape index (κ2) is 6.21. The number of nitrogens with zero attached hydrogens (tertiary/aromatic N) is 5. The van der Waals surface area contributed by atoms with Crippen LogP contribution in [-0.4, -0.2) is 40.4 Å². The highest BCUT2D eigenvalue weighted by molar-refractivity contribution is 5.58. The van der Waals surface area contributed by atoms with E-state index in [0.29, 0.717) is 18.1 Å². The summed E-state index contributed by atoms with van der Waals surface area (Å²) in [4.78, 5) is 11.1. The maximum atomic E-state index is 9.36. The van der Waals surface area contributed by atoms with Crippen LogP contribution in [0.3, 0.4) is 0 Å². The lowest BCUT2D eigenvalue weighted by molar-refractivity contribution is 0.178. The van der Waals surface area contributed by atoms with Gasteiger partial charge in [0.25, 0.3) is 0 Å². The second-order valence-corrected chi connectivity index (χ2v) is 6.59. The first-order valence-corrected chi connectivity index (χ1v) is 8.29. The van der Waals surface area contributed by atoms with Gasteiger partial charge in [0.15, 0.2) is 11.6 Å². The SMILES string of the molecule is COCc1nc([C@H]2CN(c3cnccc3C#N)C[C@@H]2C2CC2)n[nH]1. The quantitative estimate of drug-likeness (QED) is 0.902. The molecule has 0 aromatic carbocycles. The molecule has 1 saturated heterocycles. The molecule has 2 aromatic heterocycles. The topological polar surface area (TPSA) is 90.7 Å². The van der Waals surface area contributed by atoms with Crippen LogP contribution >= 0.6 is 0 Å². The third-order valence-electron chi connectivity index (χ3n) is 5.02. The minimum atomic E-state index is 0.283. The Kier molecular flexibility index (Phi) is 3.90. The molecule has 2 fully saturated rings. The highest BCUT2D eigenvalue weighted by Gasteiger charge is 2.45. The normalized spacial score (nSPS) is 23.4. The fourth-order valence-electron chi connectivity index (χ4n) is 3.71. The first-order chi connectivity index (χ1) is 11.8. The van der Waals surface area contributed by atoms with E-state index in [9.17, 15) is 5.26 Å². The van der Waals surface area contributed by atoms with Crippen LogP contribution in [0.5, 0.6) is 0 Å². The van der Waals surface area contributed by atoms with Gasteiger partial charge >= 0.3 is 0 Å². The predicted molar refractivity (Wildman–Crippen MR) is 87.2 cm³/mol. The van der Waals surface area contributed by atoms with Crippen molar-refractivity contribution in [1.29, 1.82) is 5.26 Å². The zero-order chi connectivity index (χ0) is 16.5. The maximum absolute atomic E-state index is 9.36. The number of anilines is 1. The van der Waals surface area contributed by atoms with E-state index >= 15 is 0 Å². The van der Waals surface area contributed by atoms with E-state index in [0.717, 1.165) is 36.3 Å². The Morgan fingerprint density at radius 1 is 1.42 bits per heavy atom. The molecule has 124 valence electrons. The summed E-state index contributed by atoms with van der Waals surface area (Å²) in [6.45, 7) is 2.20. The van der Waals surface area contributed by atoms with Gasteiger partial charge in [-0.3, -0.25) is 10.1 Å². The van der Waals surface area contributed by atoms with E-state index in [2.05, 4.69) is 31.1 Å². The number of methoxy groups -OCH3 is 1. The predicted octanol–water partition coefficient (Wildman–Crippen LogP) is 1.85. The second-order valence-electron chi connectivity index (χ2n) is 6.59. The summed E-state index contributed by atoms with van der Waals surface area (Å²) < 4.78 is 5.12. The van der Waals surface area contributed by atoms with Crippen molar-refractivity contribution in [2.45, 2.75) is 25.4 Å². The van der Waals surface area contributed by atoms with Crippen LogP contribution in [-0.2, 0) is 11.3 Å². The molecule has 0 unspecified atom stereocenters. The van der Waals surface area contributed by atoms with Gasteiger partial charge in [0, 0.05) is 32.3 Å². The fraction of sp³-hybridized carbons (Fsp3) is 0.529. The molecule has 0 spiro atoms. The summed E-state index contributed by atoms with van der Waals surface area (Å²) in [6, 6.07) is 4.05. The minimum Gasteiger partial charge on any atom is -0.377 e. The van der Waals surface area contributed by atoms with Gasteiger partial charge in [-0.1, -0.05) is 0 Å². The van der Waals surface area contributed by atoms with Crippen molar-refractivity contribution in [2.75, 3.05) is 25.1 Å². The van der Waals surface area contributed by atoms with Crippen LogP contribution in [0.2, 0.25) is 0 Å². The number of H-pyrrole nitrogens is 1. The lowest BCUT2D eigenvalue weighted by Gasteiger charge is -2.19. The largest absolute Gasteiger partial charge is 0.377 e. The Bertz CT molecular complexity index is 762. The number of pyridine rings is 1. The number of aromatic amines is 1. The van der Waals surface area contributed by atoms with Crippen molar-refractivity contribution < 1.29 is 4.74 Å². The fourth-order valence-corrected chi connectivity index (χ4v) is 3.71. The summed E-state index contributed by atoms with van der Waals surface area (Å²) in [7, 11) is 1.65. The molecule has 7 heteroatoms. The van der Waals surface area contributed by atoms with Gasteiger partial charge in [0.05, 0.1) is 17.4 Å². The van der Waals surface area contributed by atoms with E-state index in [-0.39, 0.29) is 5.92 Å². The third-order valence-corrected chi connectivity index (χ3v) is 5.02. The van der Waals surface area contributed by atoms with Crippen molar-refractivity contribution >= 4 is 5.69 Å². The highest BCUT2D eigenvalue weighted by Crippen LogP contribution is 2.48. The van der Waals surface area contributed by atoms with E-state index in [4.69, 9.17) is 4.74 Å².